The van der Waals surface area contributed by atoms with Gasteiger partial charge >= 0.3 is 0 Å². The van der Waals surface area contributed by atoms with Crippen LogP contribution in [-0.2, 0) is 4.79 Å². The molecule has 0 aromatic heterocycles. The fourth-order valence-electron chi connectivity index (χ4n) is 3.39. The average molecular weight is 389 g/mol. The molecule has 1 aliphatic rings. The SMILES string of the molecule is COc1cccc(N2CCN(CC(=O)N[C@@H](C)c3ccc(F)cc3F)CC2)c1. The van der Waals surface area contributed by atoms with E-state index in [0.29, 0.717) is 0 Å². The number of carbonyl (C=O) groups excluding carboxylic acids is 1. The molecule has 0 radical (unpaired) electrons. The van der Waals surface area contributed by atoms with Crippen LogP contribution in [0.4, 0.5) is 14.5 Å². The van der Waals surface area contributed by atoms with Crippen molar-refractivity contribution in [1.82, 2.24) is 10.2 Å². The zero-order valence-corrected chi connectivity index (χ0v) is 16.1. The van der Waals surface area contributed by atoms with E-state index in [4.69, 9.17) is 4.74 Å². The van der Waals surface area contributed by atoms with Crippen molar-refractivity contribution in [2.24, 2.45) is 0 Å². The molecule has 1 aliphatic heterocycles. The van der Waals surface area contributed by atoms with Crippen molar-refractivity contribution in [2.75, 3.05) is 44.7 Å². The van der Waals surface area contributed by atoms with Crippen LogP contribution in [0.2, 0.25) is 0 Å². The number of anilines is 1. The van der Waals surface area contributed by atoms with Crippen LogP contribution >= 0.6 is 0 Å². The molecule has 28 heavy (non-hydrogen) atoms. The molecule has 1 fully saturated rings. The Morgan fingerprint density at radius 1 is 1.14 bits per heavy atom. The van der Waals surface area contributed by atoms with Crippen LogP contribution in [0, 0.1) is 11.6 Å². The quantitative estimate of drug-likeness (QED) is 0.825. The Morgan fingerprint density at radius 3 is 2.57 bits per heavy atom. The van der Waals surface area contributed by atoms with Gasteiger partial charge in [0.15, 0.2) is 0 Å². The molecule has 1 N–H and O–H groups in total. The maximum Gasteiger partial charge on any atom is 0.234 e. The zero-order valence-electron chi connectivity index (χ0n) is 16.1. The first kappa shape index (κ1) is 20.1. The standard InChI is InChI=1S/C21H25F2N3O2/c1-15(19-7-6-16(22)12-20(19)23)24-21(27)14-25-8-10-26(11-9-25)17-4-3-5-18(13-17)28-2/h3-7,12-13,15H,8-11,14H2,1-2H3,(H,24,27)/t15-/m0/s1. The third-order valence-corrected chi connectivity index (χ3v) is 4.96. The van der Waals surface area contributed by atoms with Crippen LogP contribution in [-0.4, -0.2) is 50.6 Å². The smallest absolute Gasteiger partial charge is 0.234 e. The number of nitrogens with one attached hydrogen (secondary N) is 1. The topological polar surface area (TPSA) is 44.8 Å². The van der Waals surface area contributed by atoms with E-state index in [1.54, 1.807) is 14.0 Å². The van der Waals surface area contributed by atoms with Crippen LogP contribution in [0.3, 0.4) is 0 Å². The normalized spacial score (nSPS) is 15.9. The van der Waals surface area contributed by atoms with E-state index in [1.807, 2.05) is 24.3 Å². The highest BCUT2D eigenvalue weighted by molar-refractivity contribution is 5.78. The summed E-state index contributed by atoms with van der Waals surface area (Å²) in [6.45, 7) is 5.06. The number of amides is 1. The molecule has 0 aliphatic carbocycles. The van der Waals surface area contributed by atoms with Crippen LogP contribution in [0.25, 0.3) is 0 Å². The summed E-state index contributed by atoms with van der Waals surface area (Å²) in [5.74, 6) is -0.638. The molecule has 1 heterocycles. The van der Waals surface area contributed by atoms with Crippen LogP contribution < -0.4 is 15.0 Å². The second kappa shape index (κ2) is 9.01. The highest BCUT2D eigenvalue weighted by Gasteiger charge is 2.21. The number of halogens is 2. The summed E-state index contributed by atoms with van der Waals surface area (Å²) in [5, 5.41) is 2.79. The van der Waals surface area contributed by atoms with Crippen molar-refractivity contribution in [3.63, 3.8) is 0 Å². The molecular weight excluding hydrogens is 364 g/mol. The summed E-state index contributed by atoms with van der Waals surface area (Å²) < 4.78 is 32.2. The Labute approximate surface area is 163 Å². The zero-order chi connectivity index (χ0) is 20.1. The minimum Gasteiger partial charge on any atom is -0.497 e. The van der Waals surface area contributed by atoms with E-state index in [-0.39, 0.29) is 18.0 Å². The lowest BCUT2D eigenvalue weighted by atomic mass is 10.1. The van der Waals surface area contributed by atoms with Gasteiger partial charge in [0.25, 0.3) is 0 Å². The fourth-order valence-corrected chi connectivity index (χ4v) is 3.39. The molecule has 3 rings (SSSR count). The molecule has 2 aromatic carbocycles. The summed E-state index contributed by atoms with van der Waals surface area (Å²) in [4.78, 5) is 16.7. The predicted molar refractivity (Wildman–Crippen MR) is 105 cm³/mol. The number of nitrogens with zero attached hydrogens (tertiary/aromatic N) is 2. The molecule has 2 aromatic rings. The number of hydrogen-bond donors (Lipinski definition) is 1. The van der Waals surface area contributed by atoms with E-state index < -0.39 is 17.7 Å². The van der Waals surface area contributed by atoms with Gasteiger partial charge in [-0.25, -0.2) is 8.78 Å². The first-order valence-electron chi connectivity index (χ1n) is 9.32. The summed E-state index contributed by atoms with van der Waals surface area (Å²) in [7, 11) is 1.65. The van der Waals surface area contributed by atoms with Crippen molar-refractivity contribution in [3.8, 4) is 5.75 Å². The van der Waals surface area contributed by atoms with Crippen molar-refractivity contribution < 1.29 is 18.3 Å². The maximum atomic E-state index is 13.9. The first-order chi connectivity index (χ1) is 13.5. The van der Waals surface area contributed by atoms with E-state index in [1.165, 1.54) is 12.1 Å². The van der Waals surface area contributed by atoms with Gasteiger partial charge in [0.1, 0.15) is 17.4 Å². The Bertz CT molecular complexity index is 823. The van der Waals surface area contributed by atoms with Gasteiger partial charge in [0, 0.05) is 49.6 Å². The van der Waals surface area contributed by atoms with E-state index in [2.05, 4.69) is 15.1 Å². The van der Waals surface area contributed by atoms with Gasteiger partial charge in [-0.1, -0.05) is 12.1 Å². The molecule has 1 amide bonds. The summed E-state index contributed by atoms with van der Waals surface area (Å²) in [5.41, 5.74) is 1.38. The summed E-state index contributed by atoms with van der Waals surface area (Å²) in [6.07, 6.45) is 0. The molecule has 1 atom stereocenters. The number of benzene rings is 2. The lowest BCUT2D eigenvalue weighted by Crippen LogP contribution is -2.49. The van der Waals surface area contributed by atoms with E-state index in [0.717, 1.165) is 43.7 Å². The molecule has 0 spiro atoms. The van der Waals surface area contributed by atoms with Crippen LogP contribution in [0.15, 0.2) is 42.5 Å². The molecule has 150 valence electrons. The molecule has 7 heteroatoms. The van der Waals surface area contributed by atoms with Crippen molar-refractivity contribution in [2.45, 2.75) is 13.0 Å². The molecular formula is C21H25F2N3O2. The van der Waals surface area contributed by atoms with Gasteiger partial charge in [-0.15, -0.1) is 0 Å². The summed E-state index contributed by atoms with van der Waals surface area (Å²) >= 11 is 0. The van der Waals surface area contributed by atoms with Crippen molar-refractivity contribution >= 4 is 11.6 Å². The molecule has 5 nitrogen and oxygen atoms in total. The minimum atomic E-state index is -0.653. The van der Waals surface area contributed by atoms with Crippen LogP contribution in [0.5, 0.6) is 5.75 Å². The Balaban J connectivity index is 1.49. The van der Waals surface area contributed by atoms with Crippen molar-refractivity contribution in [1.29, 1.82) is 0 Å². The highest BCUT2D eigenvalue weighted by Crippen LogP contribution is 2.22. The fraction of sp³-hybridized carbons (Fsp3) is 0.381. The summed E-state index contributed by atoms with van der Waals surface area (Å²) in [6, 6.07) is 10.8. The van der Waals surface area contributed by atoms with Gasteiger partial charge in [-0.2, -0.15) is 0 Å². The number of rotatable bonds is 6. The number of carbonyl (C=O) groups is 1. The first-order valence-corrected chi connectivity index (χ1v) is 9.32. The predicted octanol–water partition coefficient (Wildman–Crippen LogP) is 2.97. The van der Waals surface area contributed by atoms with Gasteiger partial charge in [-0.3, -0.25) is 9.69 Å². The van der Waals surface area contributed by atoms with E-state index >= 15 is 0 Å². The second-order valence-corrected chi connectivity index (χ2v) is 6.92. The van der Waals surface area contributed by atoms with Gasteiger partial charge in [-0.05, 0) is 25.1 Å². The van der Waals surface area contributed by atoms with E-state index in [9.17, 15) is 13.6 Å². The number of hydrogen-bond acceptors (Lipinski definition) is 4. The Kier molecular flexibility index (Phi) is 6.46. The number of piperazine rings is 1. The monoisotopic (exact) mass is 389 g/mol. The maximum absolute atomic E-state index is 13.9. The number of ether oxygens (including phenoxy) is 1. The van der Waals surface area contributed by atoms with Crippen LogP contribution in [0.1, 0.15) is 18.5 Å². The van der Waals surface area contributed by atoms with Gasteiger partial charge < -0.3 is 15.0 Å². The second-order valence-electron chi connectivity index (χ2n) is 6.92. The Morgan fingerprint density at radius 2 is 1.89 bits per heavy atom. The van der Waals surface area contributed by atoms with Crippen molar-refractivity contribution in [3.05, 3.63) is 59.7 Å². The Hall–Kier alpha value is -2.67. The largest absolute Gasteiger partial charge is 0.497 e. The third kappa shape index (κ3) is 4.98. The average Bonchev–Trinajstić information content (AvgIpc) is 2.68. The lowest BCUT2D eigenvalue weighted by Gasteiger charge is -2.36. The number of methoxy groups -OCH3 is 1. The highest BCUT2D eigenvalue weighted by atomic mass is 19.1. The third-order valence-electron chi connectivity index (χ3n) is 4.96. The lowest BCUT2D eigenvalue weighted by molar-refractivity contribution is -0.123. The van der Waals surface area contributed by atoms with Gasteiger partial charge in [0.05, 0.1) is 19.7 Å². The molecule has 1 saturated heterocycles. The van der Waals surface area contributed by atoms with Gasteiger partial charge in [0.2, 0.25) is 5.91 Å². The molecule has 0 bridgehead atoms. The molecule has 0 unspecified atom stereocenters. The minimum absolute atomic E-state index is 0.175. The molecule has 0 saturated carbocycles.